The third-order valence-corrected chi connectivity index (χ3v) is 4.97. The zero-order valence-electron chi connectivity index (χ0n) is 12.7. The SMILES string of the molecule is NC1(CCc2ccncc2)CCCc2c1[nH]c1ccccc21. The number of nitrogens with one attached hydrogen (secondary N) is 1. The summed E-state index contributed by atoms with van der Waals surface area (Å²) in [4.78, 5) is 7.69. The average Bonchev–Trinajstić information content (AvgIpc) is 2.95. The lowest BCUT2D eigenvalue weighted by Gasteiger charge is -2.34. The number of hydrogen-bond donors (Lipinski definition) is 2. The molecule has 3 nitrogen and oxygen atoms in total. The van der Waals surface area contributed by atoms with Gasteiger partial charge in [-0.2, -0.15) is 0 Å². The fraction of sp³-hybridized carbons (Fsp3) is 0.316. The molecule has 3 aromatic rings. The van der Waals surface area contributed by atoms with E-state index in [-0.39, 0.29) is 5.54 Å². The van der Waals surface area contributed by atoms with Crippen molar-refractivity contribution >= 4 is 10.9 Å². The van der Waals surface area contributed by atoms with Gasteiger partial charge in [0.05, 0.1) is 5.54 Å². The lowest BCUT2D eigenvalue weighted by atomic mass is 9.77. The number of H-pyrrole nitrogens is 1. The summed E-state index contributed by atoms with van der Waals surface area (Å²) in [5.41, 5.74) is 11.8. The van der Waals surface area contributed by atoms with Crippen LogP contribution in [-0.4, -0.2) is 9.97 Å². The fourth-order valence-electron chi connectivity index (χ4n) is 3.76. The third kappa shape index (κ3) is 2.22. The van der Waals surface area contributed by atoms with Gasteiger partial charge in [0.1, 0.15) is 0 Å². The summed E-state index contributed by atoms with van der Waals surface area (Å²) in [5.74, 6) is 0. The Morgan fingerprint density at radius 1 is 1.14 bits per heavy atom. The quantitative estimate of drug-likeness (QED) is 0.773. The molecule has 2 heterocycles. The van der Waals surface area contributed by atoms with Gasteiger partial charge in [-0.3, -0.25) is 4.98 Å². The van der Waals surface area contributed by atoms with Gasteiger partial charge in [0.25, 0.3) is 0 Å². The summed E-state index contributed by atoms with van der Waals surface area (Å²) in [7, 11) is 0. The molecular formula is C19H21N3. The number of aromatic nitrogens is 2. The minimum atomic E-state index is -0.240. The second kappa shape index (κ2) is 5.25. The predicted molar refractivity (Wildman–Crippen MR) is 89.7 cm³/mol. The highest BCUT2D eigenvalue weighted by atomic mass is 14.9. The number of benzene rings is 1. The summed E-state index contributed by atoms with van der Waals surface area (Å²) >= 11 is 0. The predicted octanol–water partition coefficient (Wildman–Crippen LogP) is 3.69. The van der Waals surface area contributed by atoms with E-state index in [1.54, 1.807) is 0 Å². The highest BCUT2D eigenvalue weighted by Gasteiger charge is 2.34. The van der Waals surface area contributed by atoms with E-state index in [2.05, 4.69) is 46.4 Å². The maximum atomic E-state index is 6.84. The van der Waals surface area contributed by atoms with Gasteiger partial charge in [-0.1, -0.05) is 18.2 Å². The van der Waals surface area contributed by atoms with Crippen LogP contribution in [0, 0.1) is 0 Å². The molecule has 112 valence electrons. The van der Waals surface area contributed by atoms with Crippen molar-refractivity contribution in [1.82, 2.24) is 9.97 Å². The lowest BCUT2D eigenvalue weighted by Crippen LogP contribution is -2.40. The van der Waals surface area contributed by atoms with Gasteiger partial charge in [0.2, 0.25) is 0 Å². The molecule has 3 N–H and O–H groups in total. The van der Waals surface area contributed by atoms with Crippen molar-refractivity contribution in [2.45, 2.75) is 37.6 Å². The van der Waals surface area contributed by atoms with E-state index in [0.717, 1.165) is 25.7 Å². The number of aromatic amines is 1. The van der Waals surface area contributed by atoms with Gasteiger partial charge in [-0.05, 0) is 61.4 Å². The topological polar surface area (TPSA) is 54.7 Å². The smallest absolute Gasteiger partial charge is 0.0568 e. The van der Waals surface area contributed by atoms with Crippen LogP contribution in [-0.2, 0) is 18.4 Å². The Morgan fingerprint density at radius 3 is 2.82 bits per heavy atom. The normalized spacial score (nSPS) is 21.0. The van der Waals surface area contributed by atoms with Crippen LogP contribution in [0.15, 0.2) is 48.8 Å². The highest BCUT2D eigenvalue weighted by molar-refractivity contribution is 5.85. The number of hydrogen-bond acceptors (Lipinski definition) is 2. The van der Waals surface area contributed by atoms with Crippen LogP contribution in [0.3, 0.4) is 0 Å². The van der Waals surface area contributed by atoms with Crippen LogP contribution in [0.4, 0.5) is 0 Å². The number of fused-ring (bicyclic) bond motifs is 3. The molecule has 0 fully saturated rings. The van der Waals surface area contributed by atoms with Crippen molar-refractivity contribution in [3.8, 4) is 0 Å². The standard InChI is InChI=1S/C19H21N3/c20-19(11-7-14-8-12-21-13-9-14)10-3-5-16-15-4-1-2-6-17(15)22-18(16)19/h1-2,4,6,8-9,12-13,22H,3,5,7,10-11,20H2. The number of nitrogens with two attached hydrogens (primary N) is 1. The Kier molecular flexibility index (Phi) is 3.23. The first-order valence-electron chi connectivity index (χ1n) is 8.04. The van der Waals surface area contributed by atoms with E-state index < -0.39 is 0 Å². The second-order valence-corrected chi connectivity index (χ2v) is 6.39. The molecule has 2 aromatic heterocycles. The van der Waals surface area contributed by atoms with E-state index in [9.17, 15) is 0 Å². The maximum absolute atomic E-state index is 6.84. The number of aryl methyl sites for hydroxylation is 2. The molecule has 22 heavy (non-hydrogen) atoms. The first-order valence-corrected chi connectivity index (χ1v) is 8.04. The zero-order chi connectivity index (χ0) is 15.0. The van der Waals surface area contributed by atoms with E-state index in [4.69, 9.17) is 5.73 Å². The molecule has 1 aliphatic rings. The van der Waals surface area contributed by atoms with Crippen LogP contribution in [0.2, 0.25) is 0 Å². The maximum Gasteiger partial charge on any atom is 0.0568 e. The molecule has 1 aromatic carbocycles. The summed E-state index contributed by atoms with van der Waals surface area (Å²) < 4.78 is 0. The molecule has 0 aliphatic heterocycles. The molecule has 0 radical (unpaired) electrons. The molecule has 1 atom stereocenters. The molecular weight excluding hydrogens is 270 g/mol. The van der Waals surface area contributed by atoms with Crippen molar-refractivity contribution in [1.29, 1.82) is 0 Å². The van der Waals surface area contributed by atoms with Crippen molar-refractivity contribution in [3.05, 3.63) is 65.6 Å². The first-order chi connectivity index (χ1) is 10.8. The highest BCUT2D eigenvalue weighted by Crippen LogP contribution is 2.39. The number of para-hydroxylation sites is 1. The Labute approximate surface area is 130 Å². The summed E-state index contributed by atoms with van der Waals surface area (Å²) in [6.45, 7) is 0. The third-order valence-electron chi connectivity index (χ3n) is 4.97. The average molecular weight is 291 g/mol. The number of rotatable bonds is 3. The van der Waals surface area contributed by atoms with E-state index in [0.29, 0.717) is 0 Å². The van der Waals surface area contributed by atoms with Gasteiger partial charge in [0.15, 0.2) is 0 Å². The molecule has 0 spiro atoms. The van der Waals surface area contributed by atoms with Crippen molar-refractivity contribution < 1.29 is 0 Å². The van der Waals surface area contributed by atoms with Crippen LogP contribution in [0.1, 0.15) is 36.1 Å². The van der Waals surface area contributed by atoms with Crippen LogP contribution in [0.5, 0.6) is 0 Å². The van der Waals surface area contributed by atoms with E-state index in [1.165, 1.54) is 34.1 Å². The number of pyridine rings is 1. The Balaban J connectivity index is 1.68. The van der Waals surface area contributed by atoms with Crippen LogP contribution < -0.4 is 5.73 Å². The van der Waals surface area contributed by atoms with E-state index in [1.807, 2.05) is 12.4 Å². The minimum Gasteiger partial charge on any atom is -0.357 e. The van der Waals surface area contributed by atoms with E-state index >= 15 is 0 Å². The summed E-state index contributed by atoms with van der Waals surface area (Å²) in [5, 5.41) is 1.34. The van der Waals surface area contributed by atoms with Crippen molar-refractivity contribution in [2.75, 3.05) is 0 Å². The summed E-state index contributed by atoms with van der Waals surface area (Å²) in [6.07, 6.45) is 9.03. The van der Waals surface area contributed by atoms with Gasteiger partial charge in [-0.15, -0.1) is 0 Å². The Morgan fingerprint density at radius 2 is 1.95 bits per heavy atom. The van der Waals surface area contributed by atoms with Crippen molar-refractivity contribution in [3.63, 3.8) is 0 Å². The fourth-order valence-corrected chi connectivity index (χ4v) is 3.76. The minimum absolute atomic E-state index is 0.240. The lowest BCUT2D eigenvalue weighted by molar-refractivity contribution is 0.339. The van der Waals surface area contributed by atoms with Crippen LogP contribution >= 0.6 is 0 Å². The van der Waals surface area contributed by atoms with Crippen molar-refractivity contribution in [2.24, 2.45) is 5.73 Å². The van der Waals surface area contributed by atoms with Gasteiger partial charge in [-0.25, -0.2) is 0 Å². The monoisotopic (exact) mass is 291 g/mol. The first kappa shape index (κ1) is 13.5. The molecule has 3 heteroatoms. The van der Waals surface area contributed by atoms with Gasteiger partial charge < -0.3 is 10.7 Å². The Bertz CT molecular complexity index is 791. The molecule has 0 saturated heterocycles. The zero-order valence-corrected chi connectivity index (χ0v) is 12.7. The molecule has 1 unspecified atom stereocenters. The largest absolute Gasteiger partial charge is 0.357 e. The van der Waals surface area contributed by atoms with Gasteiger partial charge >= 0.3 is 0 Å². The second-order valence-electron chi connectivity index (χ2n) is 6.39. The van der Waals surface area contributed by atoms with Gasteiger partial charge in [0, 0.05) is 29.0 Å². The summed E-state index contributed by atoms with van der Waals surface area (Å²) in [6, 6.07) is 12.7. The number of nitrogens with zero attached hydrogens (tertiary/aromatic N) is 1. The molecule has 0 saturated carbocycles. The molecule has 0 bridgehead atoms. The molecule has 0 amide bonds. The van der Waals surface area contributed by atoms with Crippen LogP contribution in [0.25, 0.3) is 10.9 Å². The Hall–Kier alpha value is -2.13. The molecule has 4 rings (SSSR count). The molecule has 1 aliphatic carbocycles.